The molecule has 3 rings (SSSR count). The molecule has 0 N–H and O–H groups in total. The zero-order valence-corrected chi connectivity index (χ0v) is 12.9. The second-order valence-corrected chi connectivity index (χ2v) is 6.64. The standard InChI is InChI=1S/C15H20BNO4/c1-10(2)17-13-11(6-5-7-12(13)21-14(17)18)16-19-8-15(3,4)9-20-16/h5-7,10H,8-9H2,1-4H3. The molecule has 0 bridgehead atoms. The van der Waals surface area contributed by atoms with Gasteiger partial charge in [-0.1, -0.05) is 26.0 Å². The Hall–Kier alpha value is -1.53. The van der Waals surface area contributed by atoms with Crippen molar-refractivity contribution in [2.24, 2.45) is 5.41 Å². The van der Waals surface area contributed by atoms with Crippen LogP contribution in [0.4, 0.5) is 0 Å². The van der Waals surface area contributed by atoms with Gasteiger partial charge in [0.05, 0.1) is 5.52 Å². The summed E-state index contributed by atoms with van der Waals surface area (Å²) in [5.41, 5.74) is 2.20. The molecule has 0 unspecified atom stereocenters. The lowest BCUT2D eigenvalue weighted by Gasteiger charge is -2.33. The maximum atomic E-state index is 12.0. The maximum absolute atomic E-state index is 12.0. The first-order chi connectivity index (χ1) is 9.89. The topological polar surface area (TPSA) is 53.6 Å². The first kappa shape index (κ1) is 14.4. The number of rotatable bonds is 2. The van der Waals surface area contributed by atoms with E-state index in [9.17, 15) is 4.79 Å². The highest BCUT2D eigenvalue weighted by atomic mass is 16.6. The first-order valence-electron chi connectivity index (χ1n) is 7.26. The van der Waals surface area contributed by atoms with Crippen molar-refractivity contribution in [1.82, 2.24) is 4.57 Å². The van der Waals surface area contributed by atoms with Crippen molar-refractivity contribution in [3.05, 3.63) is 28.7 Å². The first-order valence-corrected chi connectivity index (χ1v) is 7.26. The number of hydrogen-bond donors (Lipinski definition) is 0. The molecule has 0 atom stereocenters. The van der Waals surface area contributed by atoms with Gasteiger partial charge in [0.25, 0.3) is 0 Å². The molecular formula is C15H20BNO4. The van der Waals surface area contributed by atoms with E-state index in [0.717, 1.165) is 11.0 Å². The Morgan fingerprint density at radius 3 is 2.52 bits per heavy atom. The second kappa shape index (κ2) is 5.03. The summed E-state index contributed by atoms with van der Waals surface area (Å²) < 4.78 is 18.7. The van der Waals surface area contributed by atoms with Crippen LogP contribution in [0.3, 0.4) is 0 Å². The molecule has 0 saturated carbocycles. The van der Waals surface area contributed by atoms with E-state index in [1.807, 2.05) is 26.0 Å². The van der Waals surface area contributed by atoms with E-state index in [4.69, 9.17) is 13.7 Å². The van der Waals surface area contributed by atoms with Crippen LogP contribution in [-0.2, 0) is 9.31 Å². The lowest BCUT2D eigenvalue weighted by atomic mass is 9.75. The molecule has 112 valence electrons. The highest BCUT2D eigenvalue weighted by Crippen LogP contribution is 2.23. The summed E-state index contributed by atoms with van der Waals surface area (Å²) in [6.07, 6.45) is 0. The number of nitrogens with zero attached hydrogens (tertiary/aromatic N) is 1. The Kier molecular flexibility index (Phi) is 3.46. The smallest absolute Gasteiger partial charge is 0.408 e. The SMILES string of the molecule is CC(C)n1c(=O)oc2cccc(B3OCC(C)(C)CO3)c21. The molecule has 5 nitrogen and oxygen atoms in total. The molecule has 2 heterocycles. The van der Waals surface area contributed by atoms with Gasteiger partial charge < -0.3 is 13.7 Å². The molecule has 1 aromatic heterocycles. The lowest BCUT2D eigenvalue weighted by molar-refractivity contribution is 0.0344. The number of fused-ring (bicyclic) bond motifs is 1. The van der Waals surface area contributed by atoms with Crippen LogP contribution in [0, 0.1) is 5.41 Å². The van der Waals surface area contributed by atoms with E-state index in [-0.39, 0.29) is 17.2 Å². The molecule has 1 aliphatic heterocycles. The predicted octanol–water partition coefficient (Wildman–Crippen LogP) is 1.94. The largest absolute Gasteiger partial charge is 0.496 e. The van der Waals surface area contributed by atoms with Crippen molar-refractivity contribution in [3.8, 4) is 0 Å². The van der Waals surface area contributed by atoms with E-state index < -0.39 is 7.12 Å². The van der Waals surface area contributed by atoms with Crippen molar-refractivity contribution in [1.29, 1.82) is 0 Å². The van der Waals surface area contributed by atoms with Crippen LogP contribution in [0.25, 0.3) is 11.1 Å². The van der Waals surface area contributed by atoms with E-state index >= 15 is 0 Å². The zero-order valence-electron chi connectivity index (χ0n) is 12.9. The molecule has 2 aromatic rings. The maximum Gasteiger partial charge on any atom is 0.496 e. The molecule has 0 aliphatic carbocycles. The Balaban J connectivity index is 2.09. The molecule has 1 saturated heterocycles. The summed E-state index contributed by atoms with van der Waals surface area (Å²) in [4.78, 5) is 12.0. The number of para-hydroxylation sites is 1. The van der Waals surface area contributed by atoms with E-state index in [0.29, 0.717) is 18.8 Å². The number of hydrogen-bond acceptors (Lipinski definition) is 4. The quantitative estimate of drug-likeness (QED) is 0.793. The van der Waals surface area contributed by atoms with Crippen molar-refractivity contribution in [2.75, 3.05) is 13.2 Å². The third-order valence-corrected chi connectivity index (χ3v) is 3.69. The minimum Gasteiger partial charge on any atom is -0.408 e. The average molecular weight is 289 g/mol. The summed E-state index contributed by atoms with van der Waals surface area (Å²) >= 11 is 0. The molecule has 0 amide bonds. The van der Waals surface area contributed by atoms with Gasteiger partial charge in [-0.2, -0.15) is 0 Å². The summed E-state index contributed by atoms with van der Waals surface area (Å²) in [6.45, 7) is 9.37. The number of aromatic nitrogens is 1. The van der Waals surface area contributed by atoms with Crippen LogP contribution in [0.5, 0.6) is 0 Å². The Morgan fingerprint density at radius 2 is 1.90 bits per heavy atom. The van der Waals surface area contributed by atoms with Crippen molar-refractivity contribution < 1.29 is 13.7 Å². The third kappa shape index (κ3) is 2.54. The van der Waals surface area contributed by atoms with Gasteiger partial charge in [0.2, 0.25) is 0 Å². The minimum atomic E-state index is -0.455. The average Bonchev–Trinajstić information content (AvgIpc) is 2.74. The van der Waals surface area contributed by atoms with Gasteiger partial charge in [0.1, 0.15) is 0 Å². The van der Waals surface area contributed by atoms with Gasteiger partial charge in [0.15, 0.2) is 5.58 Å². The zero-order chi connectivity index (χ0) is 15.2. The van der Waals surface area contributed by atoms with Crippen LogP contribution in [0.1, 0.15) is 33.7 Å². The predicted molar refractivity (Wildman–Crippen MR) is 81.9 cm³/mol. The number of oxazole rings is 1. The number of benzene rings is 1. The second-order valence-electron chi connectivity index (χ2n) is 6.64. The van der Waals surface area contributed by atoms with Crippen LogP contribution >= 0.6 is 0 Å². The third-order valence-electron chi connectivity index (χ3n) is 3.69. The van der Waals surface area contributed by atoms with Gasteiger partial charge in [-0.3, -0.25) is 4.57 Å². The molecule has 21 heavy (non-hydrogen) atoms. The van der Waals surface area contributed by atoms with Crippen molar-refractivity contribution in [2.45, 2.75) is 33.7 Å². The molecule has 0 spiro atoms. The molecule has 0 radical (unpaired) electrons. The molecular weight excluding hydrogens is 269 g/mol. The van der Waals surface area contributed by atoms with E-state index in [1.54, 1.807) is 10.6 Å². The summed E-state index contributed by atoms with van der Waals surface area (Å²) in [7, 11) is -0.455. The molecule has 1 aromatic carbocycles. The Morgan fingerprint density at radius 1 is 1.24 bits per heavy atom. The van der Waals surface area contributed by atoms with Gasteiger partial charge in [-0.25, -0.2) is 4.79 Å². The van der Waals surface area contributed by atoms with Crippen LogP contribution in [-0.4, -0.2) is 24.9 Å². The van der Waals surface area contributed by atoms with Gasteiger partial charge >= 0.3 is 12.9 Å². The normalized spacial score (nSPS) is 18.6. The fourth-order valence-electron chi connectivity index (χ4n) is 2.65. The fraction of sp³-hybridized carbons (Fsp3) is 0.533. The molecule has 1 fully saturated rings. The van der Waals surface area contributed by atoms with Gasteiger partial charge in [0, 0.05) is 30.1 Å². The highest BCUT2D eigenvalue weighted by Gasteiger charge is 2.35. The van der Waals surface area contributed by atoms with Crippen molar-refractivity contribution >= 4 is 23.7 Å². The summed E-state index contributed by atoms with van der Waals surface area (Å²) in [5.74, 6) is -0.344. The van der Waals surface area contributed by atoms with Crippen molar-refractivity contribution in [3.63, 3.8) is 0 Å². The summed E-state index contributed by atoms with van der Waals surface area (Å²) in [6, 6.07) is 5.60. The van der Waals surface area contributed by atoms with Crippen LogP contribution in [0.2, 0.25) is 0 Å². The fourth-order valence-corrected chi connectivity index (χ4v) is 2.65. The monoisotopic (exact) mass is 289 g/mol. The Bertz CT molecular complexity index is 706. The van der Waals surface area contributed by atoms with Gasteiger partial charge in [-0.15, -0.1) is 0 Å². The Labute approximate surface area is 124 Å². The van der Waals surface area contributed by atoms with Crippen LogP contribution in [0.15, 0.2) is 27.4 Å². The lowest BCUT2D eigenvalue weighted by Crippen LogP contribution is -2.48. The van der Waals surface area contributed by atoms with Crippen LogP contribution < -0.4 is 11.2 Å². The van der Waals surface area contributed by atoms with Gasteiger partial charge in [-0.05, 0) is 19.9 Å². The minimum absolute atomic E-state index is 0.0124. The summed E-state index contributed by atoms with van der Waals surface area (Å²) in [5, 5.41) is 0. The molecule has 1 aliphatic rings. The van der Waals surface area contributed by atoms with E-state index in [1.165, 1.54) is 0 Å². The molecule has 6 heteroatoms. The highest BCUT2D eigenvalue weighted by molar-refractivity contribution is 6.64. The van der Waals surface area contributed by atoms with E-state index in [2.05, 4.69) is 13.8 Å².